The van der Waals surface area contributed by atoms with Gasteiger partial charge in [-0.2, -0.15) is 0 Å². The maximum Gasteiger partial charge on any atom is 0.0335 e. The molecule has 1 heterocycles. The molecule has 0 aliphatic carbocycles. The van der Waals surface area contributed by atoms with Crippen LogP contribution in [0.1, 0.15) is 24.0 Å². The van der Waals surface area contributed by atoms with Gasteiger partial charge in [-0.25, -0.2) is 3.11 Å². The molecule has 1 aromatic carbocycles. The number of fused-ring (bicyclic) bond motifs is 1. The van der Waals surface area contributed by atoms with Gasteiger partial charge in [0.25, 0.3) is 0 Å². The van der Waals surface area contributed by atoms with E-state index in [4.69, 9.17) is 0 Å². The van der Waals surface area contributed by atoms with Crippen LogP contribution in [0.5, 0.6) is 0 Å². The molecular formula is C10H12IN. The van der Waals surface area contributed by atoms with Crippen molar-refractivity contribution in [2.24, 2.45) is 0 Å². The number of halogens is 1. The summed E-state index contributed by atoms with van der Waals surface area (Å²) in [6.45, 7) is 4.57. The molecule has 0 bridgehead atoms. The first-order chi connectivity index (χ1) is 5.77. The molecule has 0 aromatic heterocycles. The molecule has 2 heteroatoms. The molecule has 12 heavy (non-hydrogen) atoms. The maximum atomic E-state index is 2.40. The molecule has 1 atom stereocenters. The fraction of sp³-hybridized carbons (Fsp3) is 0.400. The average molecular weight is 273 g/mol. The van der Waals surface area contributed by atoms with E-state index in [2.05, 4.69) is 57.2 Å². The Morgan fingerprint density at radius 1 is 1.42 bits per heavy atom. The summed E-state index contributed by atoms with van der Waals surface area (Å²) in [4.78, 5) is 0. The highest BCUT2D eigenvalue weighted by Gasteiger charge is 2.19. The van der Waals surface area contributed by atoms with Crippen molar-refractivity contribution in [1.82, 2.24) is 3.11 Å². The standard InChI is InChI=1S/C10H12IN/c1-8-6-12(11)7-9-4-2-3-5-10(8)9/h2-5,8H,6-7H2,1H3. The Morgan fingerprint density at radius 3 is 3.00 bits per heavy atom. The van der Waals surface area contributed by atoms with E-state index in [1.807, 2.05) is 0 Å². The average Bonchev–Trinajstić information content (AvgIpc) is 2.04. The zero-order valence-electron chi connectivity index (χ0n) is 7.13. The van der Waals surface area contributed by atoms with Crippen molar-refractivity contribution in [2.45, 2.75) is 19.4 Å². The Bertz CT molecular complexity index is 285. The van der Waals surface area contributed by atoms with Crippen molar-refractivity contribution >= 4 is 22.9 Å². The van der Waals surface area contributed by atoms with Gasteiger partial charge in [-0.1, -0.05) is 31.2 Å². The van der Waals surface area contributed by atoms with Crippen molar-refractivity contribution in [3.8, 4) is 0 Å². The van der Waals surface area contributed by atoms with Crippen LogP contribution in [0.2, 0.25) is 0 Å². The second-order valence-electron chi connectivity index (χ2n) is 3.40. The van der Waals surface area contributed by atoms with Gasteiger partial charge < -0.3 is 0 Å². The van der Waals surface area contributed by atoms with Gasteiger partial charge in [0.2, 0.25) is 0 Å². The minimum atomic E-state index is 0.687. The van der Waals surface area contributed by atoms with E-state index in [1.165, 1.54) is 17.7 Å². The van der Waals surface area contributed by atoms with Crippen LogP contribution in [-0.4, -0.2) is 9.66 Å². The fourth-order valence-corrected chi connectivity index (χ4v) is 2.76. The second kappa shape index (κ2) is 3.34. The summed E-state index contributed by atoms with van der Waals surface area (Å²) in [7, 11) is 0. The van der Waals surface area contributed by atoms with Crippen LogP contribution in [0.15, 0.2) is 24.3 Å². The molecule has 1 aliphatic heterocycles. The molecule has 2 rings (SSSR count). The molecule has 0 amide bonds. The molecule has 0 radical (unpaired) electrons. The topological polar surface area (TPSA) is 3.24 Å². The Balaban J connectivity index is 2.40. The Labute approximate surface area is 87.3 Å². The highest BCUT2D eigenvalue weighted by atomic mass is 127. The van der Waals surface area contributed by atoms with Gasteiger partial charge in [-0.3, -0.25) is 0 Å². The molecular weight excluding hydrogens is 261 g/mol. The maximum absolute atomic E-state index is 2.40. The molecule has 1 nitrogen and oxygen atoms in total. The zero-order chi connectivity index (χ0) is 8.55. The summed E-state index contributed by atoms with van der Waals surface area (Å²) in [5.41, 5.74) is 3.02. The highest BCUT2D eigenvalue weighted by molar-refractivity contribution is 14.1. The van der Waals surface area contributed by atoms with Gasteiger partial charge in [0, 0.05) is 36.0 Å². The van der Waals surface area contributed by atoms with E-state index in [1.54, 1.807) is 0 Å². The predicted molar refractivity (Wildman–Crippen MR) is 59.3 cm³/mol. The van der Waals surface area contributed by atoms with Crippen LogP contribution >= 0.6 is 22.9 Å². The van der Waals surface area contributed by atoms with Crippen LogP contribution in [-0.2, 0) is 6.54 Å². The molecule has 0 N–H and O–H groups in total. The minimum Gasteiger partial charge on any atom is -0.243 e. The van der Waals surface area contributed by atoms with Crippen molar-refractivity contribution in [1.29, 1.82) is 0 Å². The van der Waals surface area contributed by atoms with Crippen molar-refractivity contribution in [3.05, 3.63) is 35.4 Å². The third-order valence-electron chi connectivity index (χ3n) is 2.40. The largest absolute Gasteiger partial charge is 0.243 e. The fourth-order valence-electron chi connectivity index (χ4n) is 1.80. The van der Waals surface area contributed by atoms with E-state index in [0.717, 1.165) is 6.54 Å². The molecule has 1 aromatic rings. The molecule has 0 saturated carbocycles. The number of hydrogen-bond acceptors (Lipinski definition) is 1. The summed E-state index contributed by atoms with van der Waals surface area (Å²) >= 11 is 2.40. The van der Waals surface area contributed by atoms with E-state index in [0.29, 0.717) is 5.92 Å². The lowest BCUT2D eigenvalue weighted by molar-refractivity contribution is 0.436. The van der Waals surface area contributed by atoms with Gasteiger partial charge in [0.05, 0.1) is 0 Å². The van der Waals surface area contributed by atoms with Crippen molar-refractivity contribution < 1.29 is 0 Å². The van der Waals surface area contributed by atoms with Gasteiger partial charge in [-0.15, -0.1) is 0 Å². The van der Waals surface area contributed by atoms with Gasteiger partial charge >= 0.3 is 0 Å². The SMILES string of the molecule is CC1CN(I)Cc2ccccc21. The van der Waals surface area contributed by atoms with Crippen LogP contribution in [0, 0.1) is 0 Å². The summed E-state index contributed by atoms with van der Waals surface area (Å²) in [5.74, 6) is 0.687. The van der Waals surface area contributed by atoms with E-state index in [9.17, 15) is 0 Å². The third kappa shape index (κ3) is 1.50. The smallest absolute Gasteiger partial charge is 0.0335 e. The van der Waals surface area contributed by atoms with Crippen LogP contribution in [0.4, 0.5) is 0 Å². The molecule has 0 fully saturated rings. The van der Waals surface area contributed by atoms with Crippen LogP contribution in [0.3, 0.4) is 0 Å². The first-order valence-corrected chi connectivity index (χ1v) is 5.22. The number of hydrogen-bond donors (Lipinski definition) is 0. The lowest BCUT2D eigenvalue weighted by Gasteiger charge is -2.28. The Hall–Kier alpha value is -0.0900. The van der Waals surface area contributed by atoms with Gasteiger partial charge in [-0.05, 0) is 17.0 Å². The normalized spacial score (nSPS) is 23.7. The molecule has 64 valence electrons. The summed E-state index contributed by atoms with van der Waals surface area (Å²) in [6, 6.07) is 8.75. The number of rotatable bonds is 0. The Morgan fingerprint density at radius 2 is 2.17 bits per heavy atom. The van der Waals surface area contributed by atoms with E-state index >= 15 is 0 Å². The van der Waals surface area contributed by atoms with Crippen molar-refractivity contribution in [2.75, 3.05) is 6.54 Å². The molecule has 0 spiro atoms. The Kier molecular flexibility index (Phi) is 2.37. The first-order valence-electron chi connectivity index (χ1n) is 4.26. The quantitative estimate of drug-likeness (QED) is 0.519. The summed E-state index contributed by atoms with van der Waals surface area (Å²) in [5, 5.41) is 0. The monoisotopic (exact) mass is 273 g/mol. The minimum absolute atomic E-state index is 0.687. The third-order valence-corrected chi connectivity index (χ3v) is 3.13. The summed E-state index contributed by atoms with van der Waals surface area (Å²) < 4.78 is 2.35. The van der Waals surface area contributed by atoms with Crippen LogP contribution in [0.25, 0.3) is 0 Å². The number of benzene rings is 1. The lowest BCUT2D eigenvalue weighted by atomic mass is 9.93. The highest BCUT2D eigenvalue weighted by Crippen LogP contribution is 2.29. The van der Waals surface area contributed by atoms with Gasteiger partial charge in [0.1, 0.15) is 0 Å². The first kappa shape index (κ1) is 8.51. The molecule has 0 saturated heterocycles. The van der Waals surface area contributed by atoms with Crippen molar-refractivity contribution in [3.63, 3.8) is 0 Å². The van der Waals surface area contributed by atoms with E-state index in [-0.39, 0.29) is 0 Å². The second-order valence-corrected chi connectivity index (χ2v) is 4.77. The summed E-state index contributed by atoms with van der Waals surface area (Å²) in [6.07, 6.45) is 0. The van der Waals surface area contributed by atoms with Crippen LogP contribution < -0.4 is 0 Å². The number of nitrogens with zero attached hydrogens (tertiary/aromatic N) is 1. The van der Waals surface area contributed by atoms with E-state index < -0.39 is 0 Å². The molecule has 1 aliphatic rings. The lowest BCUT2D eigenvalue weighted by Crippen LogP contribution is -2.24. The zero-order valence-corrected chi connectivity index (χ0v) is 9.28. The molecule has 1 unspecified atom stereocenters. The predicted octanol–water partition coefficient (Wildman–Crippen LogP) is 2.96. The van der Waals surface area contributed by atoms with Gasteiger partial charge in [0.15, 0.2) is 0 Å².